The lowest BCUT2D eigenvalue weighted by atomic mass is 9.84. The van der Waals surface area contributed by atoms with Crippen molar-refractivity contribution in [3.63, 3.8) is 0 Å². The molecule has 0 aromatic carbocycles. The van der Waals surface area contributed by atoms with Gasteiger partial charge in [0.1, 0.15) is 17.4 Å². The number of carbonyl (C=O) groups excluding carboxylic acids is 1. The molecule has 2 saturated carbocycles. The summed E-state index contributed by atoms with van der Waals surface area (Å²) < 4.78 is 10.7. The van der Waals surface area contributed by atoms with Gasteiger partial charge in [0.05, 0.1) is 19.9 Å². The normalized spacial score (nSPS) is 17.0. The van der Waals surface area contributed by atoms with Crippen LogP contribution < -0.4 is 9.47 Å². The van der Waals surface area contributed by atoms with Gasteiger partial charge in [0.2, 0.25) is 5.88 Å². The average Bonchev–Trinajstić information content (AvgIpc) is 3.53. The van der Waals surface area contributed by atoms with Gasteiger partial charge in [0.25, 0.3) is 0 Å². The summed E-state index contributed by atoms with van der Waals surface area (Å²) in [5, 5.41) is 0. The van der Waals surface area contributed by atoms with Crippen LogP contribution in [0, 0.1) is 12.8 Å². The Morgan fingerprint density at radius 1 is 1.15 bits per heavy atom. The number of hydrogen-bond donors (Lipinski definition) is 0. The van der Waals surface area contributed by atoms with Crippen LogP contribution in [0.5, 0.6) is 11.6 Å². The molecular formula is C21H27N3O3. The first kappa shape index (κ1) is 19.3. The lowest BCUT2D eigenvalue weighted by Crippen LogP contribution is -2.15. The predicted octanol–water partition coefficient (Wildman–Crippen LogP) is 3.89. The van der Waals surface area contributed by atoms with E-state index in [1.807, 2.05) is 25.3 Å². The minimum atomic E-state index is 0.379. The van der Waals surface area contributed by atoms with Gasteiger partial charge < -0.3 is 9.47 Å². The van der Waals surface area contributed by atoms with E-state index in [9.17, 15) is 4.79 Å². The number of hydrogen-bond acceptors (Lipinski definition) is 6. The summed E-state index contributed by atoms with van der Waals surface area (Å²) >= 11 is 0. The topological polar surface area (TPSA) is 74.2 Å². The van der Waals surface area contributed by atoms with E-state index in [2.05, 4.69) is 15.0 Å². The molecule has 0 saturated heterocycles. The molecule has 0 radical (unpaired) electrons. The summed E-state index contributed by atoms with van der Waals surface area (Å²) in [6, 6.07) is 3.69. The minimum Gasteiger partial charge on any atom is -0.495 e. The summed E-state index contributed by atoms with van der Waals surface area (Å²) in [7, 11) is 1.62. The smallest absolute Gasteiger partial charge is 0.220 e. The maximum atomic E-state index is 11.3. The number of rotatable bonds is 5. The molecule has 2 aliphatic carbocycles. The van der Waals surface area contributed by atoms with E-state index in [1.54, 1.807) is 19.5 Å². The monoisotopic (exact) mass is 369 g/mol. The molecule has 6 heteroatoms. The number of methoxy groups -OCH3 is 1. The van der Waals surface area contributed by atoms with Gasteiger partial charge in [-0.05, 0) is 56.6 Å². The molecule has 4 rings (SSSR count). The number of aryl methyl sites for hydroxylation is 1. The van der Waals surface area contributed by atoms with Crippen molar-refractivity contribution >= 4 is 5.78 Å². The Morgan fingerprint density at radius 2 is 1.93 bits per heavy atom. The van der Waals surface area contributed by atoms with E-state index in [-0.39, 0.29) is 0 Å². The molecule has 2 aromatic rings. The van der Waals surface area contributed by atoms with E-state index < -0.39 is 0 Å². The van der Waals surface area contributed by atoms with Crippen LogP contribution in [0.15, 0.2) is 30.7 Å². The first-order valence-electron chi connectivity index (χ1n) is 9.57. The Hall–Kier alpha value is -2.50. The first-order chi connectivity index (χ1) is 13.2. The average molecular weight is 369 g/mol. The van der Waals surface area contributed by atoms with Crippen LogP contribution in [0.3, 0.4) is 0 Å². The maximum absolute atomic E-state index is 11.3. The van der Waals surface area contributed by atoms with Crippen LogP contribution in [-0.4, -0.2) is 34.5 Å². The van der Waals surface area contributed by atoms with E-state index in [1.165, 1.54) is 12.8 Å². The molecule has 0 bridgehead atoms. The van der Waals surface area contributed by atoms with Crippen LogP contribution in [0.1, 0.15) is 55.8 Å². The molecule has 144 valence electrons. The van der Waals surface area contributed by atoms with Gasteiger partial charge in [-0.1, -0.05) is 0 Å². The molecule has 0 N–H and O–H groups in total. The first-order valence-corrected chi connectivity index (χ1v) is 9.57. The Balaban J connectivity index is 0.000000221. The van der Waals surface area contributed by atoms with Gasteiger partial charge in [0, 0.05) is 30.8 Å². The highest BCUT2D eigenvalue weighted by atomic mass is 16.5. The summed E-state index contributed by atoms with van der Waals surface area (Å²) in [5.74, 6) is 3.78. The van der Waals surface area contributed by atoms with Gasteiger partial charge in [-0.15, -0.1) is 0 Å². The highest BCUT2D eigenvalue weighted by Crippen LogP contribution is 2.36. The fraction of sp³-hybridized carbons (Fsp3) is 0.524. The molecule has 0 aliphatic heterocycles. The number of ether oxygens (including phenoxy) is 2. The van der Waals surface area contributed by atoms with Crippen LogP contribution in [-0.2, 0) is 4.79 Å². The lowest BCUT2D eigenvalue weighted by molar-refractivity contribution is -0.120. The Morgan fingerprint density at radius 3 is 2.52 bits per heavy atom. The molecule has 2 fully saturated rings. The van der Waals surface area contributed by atoms with Gasteiger partial charge in [0.15, 0.2) is 0 Å². The highest BCUT2D eigenvalue weighted by Gasteiger charge is 2.26. The zero-order valence-electron chi connectivity index (χ0n) is 16.1. The molecule has 6 nitrogen and oxygen atoms in total. The molecule has 2 heterocycles. The predicted molar refractivity (Wildman–Crippen MR) is 102 cm³/mol. The second-order valence-electron chi connectivity index (χ2n) is 7.14. The lowest BCUT2D eigenvalue weighted by Gasteiger charge is -2.22. The third-order valence-corrected chi connectivity index (χ3v) is 4.91. The zero-order chi connectivity index (χ0) is 19.1. The van der Waals surface area contributed by atoms with Crippen molar-refractivity contribution in [2.24, 2.45) is 5.92 Å². The minimum absolute atomic E-state index is 0.379. The number of pyridine rings is 1. The number of nitrogens with zero attached hydrogens (tertiary/aromatic N) is 3. The zero-order valence-corrected chi connectivity index (χ0v) is 16.1. The van der Waals surface area contributed by atoms with E-state index in [4.69, 9.17) is 9.47 Å². The SMILES string of the molecule is COc1cccnc1.Cc1ncc(C2CCC(=O)CC2)c(OCC2CC2)n1. The summed E-state index contributed by atoms with van der Waals surface area (Å²) in [6.45, 7) is 2.66. The van der Waals surface area contributed by atoms with Crippen molar-refractivity contribution in [1.82, 2.24) is 15.0 Å². The third kappa shape index (κ3) is 6.01. The maximum Gasteiger partial charge on any atom is 0.220 e. The molecule has 0 amide bonds. The summed E-state index contributed by atoms with van der Waals surface area (Å²) in [6.07, 6.45) is 11.0. The Bertz CT molecular complexity index is 738. The summed E-state index contributed by atoms with van der Waals surface area (Å²) in [4.78, 5) is 23.9. The highest BCUT2D eigenvalue weighted by molar-refractivity contribution is 5.79. The van der Waals surface area contributed by atoms with Crippen LogP contribution >= 0.6 is 0 Å². The Kier molecular flexibility index (Phi) is 6.74. The standard InChI is InChI=1S/C15H20N2O2.C6H7NO/c1-10-16-8-14(12-4-6-13(18)7-5-12)15(17-10)19-9-11-2-3-11;1-8-6-3-2-4-7-5-6/h8,11-12H,2-7,9H2,1H3;2-5H,1H3. The van der Waals surface area contributed by atoms with Crippen molar-refractivity contribution in [3.8, 4) is 11.6 Å². The second-order valence-corrected chi connectivity index (χ2v) is 7.14. The van der Waals surface area contributed by atoms with Gasteiger partial charge in [-0.25, -0.2) is 4.98 Å². The summed E-state index contributed by atoms with van der Waals surface area (Å²) in [5.41, 5.74) is 1.10. The third-order valence-electron chi connectivity index (χ3n) is 4.91. The van der Waals surface area contributed by atoms with Crippen molar-refractivity contribution in [1.29, 1.82) is 0 Å². The largest absolute Gasteiger partial charge is 0.495 e. The van der Waals surface area contributed by atoms with E-state index >= 15 is 0 Å². The molecule has 2 aromatic heterocycles. The van der Waals surface area contributed by atoms with Crippen molar-refractivity contribution in [3.05, 3.63) is 42.1 Å². The molecular weight excluding hydrogens is 342 g/mol. The fourth-order valence-electron chi connectivity index (χ4n) is 3.05. The van der Waals surface area contributed by atoms with Crippen molar-refractivity contribution in [2.75, 3.05) is 13.7 Å². The second kappa shape index (κ2) is 9.44. The van der Waals surface area contributed by atoms with Crippen molar-refractivity contribution < 1.29 is 14.3 Å². The fourth-order valence-corrected chi connectivity index (χ4v) is 3.05. The van der Waals surface area contributed by atoms with Crippen molar-refractivity contribution in [2.45, 2.75) is 51.4 Å². The number of carbonyl (C=O) groups is 1. The van der Waals surface area contributed by atoms with E-state index in [0.717, 1.165) is 48.4 Å². The molecule has 2 aliphatic rings. The number of aromatic nitrogens is 3. The quantitative estimate of drug-likeness (QED) is 0.796. The molecule has 27 heavy (non-hydrogen) atoms. The number of ketones is 1. The van der Waals surface area contributed by atoms with Crippen LogP contribution in [0.25, 0.3) is 0 Å². The Labute approximate surface area is 160 Å². The van der Waals surface area contributed by atoms with Gasteiger partial charge >= 0.3 is 0 Å². The van der Waals surface area contributed by atoms with Crippen LogP contribution in [0.4, 0.5) is 0 Å². The molecule has 0 spiro atoms. The van der Waals surface area contributed by atoms with Crippen LogP contribution in [0.2, 0.25) is 0 Å². The van der Waals surface area contributed by atoms with Gasteiger partial charge in [-0.3, -0.25) is 9.78 Å². The van der Waals surface area contributed by atoms with E-state index in [0.29, 0.717) is 24.5 Å². The number of Topliss-reactive ketones (excluding diaryl/α,β-unsaturated/α-hetero) is 1. The van der Waals surface area contributed by atoms with Gasteiger partial charge in [-0.2, -0.15) is 4.98 Å². The molecule has 0 unspecified atom stereocenters. The molecule has 0 atom stereocenters.